The maximum absolute atomic E-state index is 2.54. The van der Waals surface area contributed by atoms with Crippen molar-refractivity contribution < 1.29 is 0 Å². The molecule has 0 fully saturated rings. The highest BCUT2D eigenvalue weighted by Crippen LogP contribution is 2.57. The van der Waals surface area contributed by atoms with Gasteiger partial charge in [-0.25, -0.2) is 0 Å². The predicted octanol–water partition coefficient (Wildman–Crippen LogP) is 11.4. The first kappa shape index (κ1) is 24.0. The van der Waals surface area contributed by atoms with Gasteiger partial charge in [0.2, 0.25) is 0 Å². The fraction of sp³-hybridized carbons (Fsp3) is 0.143. The molecular weight excluding hydrogens is 504 g/mol. The Kier molecular flexibility index (Phi) is 4.56. The van der Waals surface area contributed by atoms with Gasteiger partial charge in [-0.1, -0.05) is 119 Å². The van der Waals surface area contributed by atoms with Crippen LogP contribution in [0.25, 0.3) is 65.7 Å². The van der Waals surface area contributed by atoms with Crippen molar-refractivity contribution in [3.8, 4) is 33.4 Å². The molecule has 0 saturated heterocycles. The van der Waals surface area contributed by atoms with Gasteiger partial charge in [0, 0.05) is 10.8 Å². The third-order valence-electron chi connectivity index (χ3n) is 10.4. The zero-order valence-corrected chi connectivity index (χ0v) is 24.5. The predicted molar refractivity (Wildman–Crippen MR) is 180 cm³/mol. The molecule has 9 rings (SSSR count). The Labute approximate surface area is 247 Å². The van der Waals surface area contributed by atoms with Crippen LogP contribution in [-0.4, -0.2) is 0 Å². The highest BCUT2D eigenvalue weighted by Gasteiger charge is 2.42. The highest BCUT2D eigenvalue weighted by molar-refractivity contribution is 6.26. The molecule has 0 amide bonds. The molecule has 0 heteroatoms. The quantitative estimate of drug-likeness (QED) is 0.183. The van der Waals surface area contributed by atoms with Crippen LogP contribution in [0.4, 0.5) is 0 Å². The van der Waals surface area contributed by atoms with Crippen molar-refractivity contribution in [2.24, 2.45) is 0 Å². The molecule has 0 nitrogen and oxygen atoms in total. The van der Waals surface area contributed by atoms with E-state index in [4.69, 9.17) is 0 Å². The molecule has 0 N–H and O–H groups in total. The third kappa shape index (κ3) is 2.97. The van der Waals surface area contributed by atoms with Crippen LogP contribution in [0.5, 0.6) is 0 Å². The van der Waals surface area contributed by atoms with Gasteiger partial charge in [-0.2, -0.15) is 0 Å². The first-order valence-corrected chi connectivity index (χ1v) is 15.1. The topological polar surface area (TPSA) is 0 Å². The Hall–Kier alpha value is -4.68. The number of benzene rings is 7. The molecule has 200 valence electrons. The summed E-state index contributed by atoms with van der Waals surface area (Å²) in [4.78, 5) is 0. The summed E-state index contributed by atoms with van der Waals surface area (Å²) in [5.41, 5.74) is 13.7. The second kappa shape index (κ2) is 7.99. The monoisotopic (exact) mass is 536 g/mol. The second-order valence-corrected chi connectivity index (χ2v) is 13.4. The molecule has 0 heterocycles. The number of rotatable bonds is 1. The summed E-state index contributed by atoms with van der Waals surface area (Å²) < 4.78 is 0. The maximum Gasteiger partial charge on any atom is 0.0159 e. The lowest BCUT2D eigenvalue weighted by Crippen LogP contribution is -2.17. The molecule has 0 radical (unpaired) electrons. The summed E-state index contributed by atoms with van der Waals surface area (Å²) >= 11 is 0. The van der Waals surface area contributed by atoms with Crippen molar-refractivity contribution in [2.45, 2.75) is 38.5 Å². The number of hydrogen-bond acceptors (Lipinski definition) is 0. The molecule has 7 aromatic carbocycles. The van der Waals surface area contributed by atoms with E-state index in [9.17, 15) is 0 Å². The smallest absolute Gasteiger partial charge is 0.0159 e. The Balaban J connectivity index is 1.30. The molecular formula is C42H32. The summed E-state index contributed by atoms with van der Waals surface area (Å²) in [7, 11) is 0. The lowest BCUT2D eigenvalue weighted by molar-refractivity contribution is 0.652. The summed E-state index contributed by atoms with van der Waals surface area (Å²) in [5.74, 6) is 0. The van der Waals surface area contributed by atoms with Gasteiger partial charge in [-0.3, -0.25) is 0 Å². The third-order valence-corrected chi connectivity index (χ3v) is 10.4. The van der Waals surface area contributed by atoms with Crippen LogP contribution in [0.15, 0.2) is 121 Å². The molecule has 0 aliphatic heterocycles. The van der Waals surface area contributed by atoms with Gasteiger partial charge in [-0.05, 0) is 118 Å². The van der Waals surface area contributed by atoms with Crippen LogP contribution in [0, 0.1) is 0 Å². The van der Waals surface area contributed by atoms with Gasteiger partial charge in [0.05, 0.1) is 0 Å². The minimum Gasteiger partial charge on any atom is -0.0622 e. The van der Waals surface area contributed by atoms with Gasteiger partial charge < -0.3 is 0 Å². The van der Waals surface area contributed by atoms with Crippen LogP contribution in [-0.2, 0) is 10.8 Å². The van der Waals surface area contributed by atoms with Crippen LogP contribution in [0.3, 0.4) is 0 Å². The summed E-state index contributed by atoms with van der Waals surface area (Å²) in [6, 6.07) is 45.8. The normalized spacial score (nSPS) is 15.5. The molecule has 42 heavy (non-hydrogen) atoms. The van der Waals surface area contributed by atoms with Crippen molar-refractivity contribution in [3.05, 3.63) is 144 Å². The average Bonchev–Trinajstić information content (AvgIpc) is 3.38. The van der Waals surface area contributed by atoms with Gasteiger partial charge in [0.25, 0.3) is 0 Å². The fourth-order valence-corrected chi connectivity index (χ4v) is 8.17. The molecule has 2 aliphatic rings. The van der Waals surface area contributed by atoms with E-state index in [1.54, 1.807) is 0 Å². The molecule has 2 aliphatic carbocycles. The molecule has 7 aromatic rings. The van der Waals surface area contributed by atoms with Crippen molar-refractivity contribution >= 4 is 32.3 Å². The highest BCUT2D eigenvalue weighted by atomic mass is 14.4. The first-order valence-electron chi connectivity index (χ1n) is 15.1. The van der Waals surface area contributed by atoms with E-state index in [0.717, 1.165) is 0 Å². The van der Waals surface area contributed by atoms with E-state index in [2.05, 4.69) is 149 Å². The second-order valence-electron chi connectivity index (χ2n) is 13.4. The number of fused-ring (bicyclic) bond motifs is 12. The van der Waals surface area contributed by atoms with Crippen LogP contribution < -0.4 is 0 Å². The van der Waals surface area contributed by atoms with Crippen molar-refractivity contribution in [1.82, 2.24) is 0 Å². The van der Waals surface area contributed by atoms with Crippen molar-refractivity contribution in [3.63, 3.8) is 0 Å². The average molecular weight is 537 g/mol. The standard InChI is InChI=1S/C42H32/c1-41(2)37-20-26(25-12-6-5-7-13-25)18-19-31(37)35-23-40-36(24-39(35)41)34-21-32-29-16-10-8-14-27(29)28-15-9-11-17-30(28)33(32)22-38(34)42(40,3)4/h5-24H,1-4H3. The minimum absolute atomic E-state index is 0.0723. The van der Waals surface area contributed by atoms with E-state index >= 15 is 0 Å². The Morgan fingerprint density at radius 2 is 0.738 bits per heavy atom. The van der Waals surface area contributed by atoms with Crippen molar-refractivity contribution in [2.75, 3.05) is 0 Å². The van der Waals surface area contributed by atoms with Crippen molar-refractivity contribution in [1.29, 1.82) is 0 Å². The Morgan fingerprint density at radius 3 is 1.33 bits per heavy atom. The molecule has 0 atom stereocenters. The molecule has 0 bridgehead atoms. The van der Waals surface area contributed by atoms with Gasteiger partial charge >= 0.3 is 0 Å². The first-order chi connectivity index (χ1) is 20.3. The van der Waals surface area contributed by atoms with Crippen LogP contribution in [0.1, 0.15) is 49.9 Å². The minimum atomic E-state index is -0.0858. The summed E-state index contributed by atoms with van der Waals surface area (Å²) in [5, 5.41) is 8.05. The van der Waals surface area contributed by atoms with Gasteiger partial charge in [-0.15, -0.1) is 0 Å². The molecule has 0 spiro atoms. The van der Waals surface area contributed by atoms with E-state index in [0.29, 0.717) is 0 Å². The van der Waals surface area contributed by atoms with Crippen LogP contribution in [0.2, 0.25) is 0 Å². The number of hydrogen-bond donors (Lipinski definition) is 0. The van der Waals surface area contributed by atoms with Gasteiger partial charge in [0.15, 0.2) is 0 Å². The zero-order chi connectivity index (χ0) is 28.4. The van der Waals surface area contributed by atoms with Gasteiger partial charge in [0.1, 0.15) is 0 Å². The van der Waals surface area contributed by atoms with E-state index < -0.39 is 0 Å². The van der Waals surface area contributed by atoms with E-state index in [-0.39, 0.29) is 10.8 Å². The largest absolute Gasteiger partial charge is 0.0622 e. The Bertz CT molecular complexity index is 2280. The lowest BCUT2D eigenvalue weighted by atomic mass is 9.79. The zero-order valence-electron chi connectivity index (χ0n) is 24.5. The maximum atomic E-state index is 2.54. The summed E-state index contributed by atoms with van der Waals surface area (Å²) in [6.07, 6.45) is 0. The lowest BCUT2D eigenvalue weighted by Gasteiger charge is -2.24. The van der Waals surface area contributed by atoms with Crippen LogP contribution >= 0.6 is 0 Å². The van der Waals surface area contributed by atoms with E-state index in [1.807, 2.05) is 0 Å². The Morgan fingerprint density at radius 1 is 0.310 bits per heavy atom. The molecule has 0 saturated carbocycles. The molecule has 0 unspecified atom stereocenters. The molecule has 0 aromatic heterocycles. The SMILES string of the molecule is CC1(C)c2cc(-c3ccccc3)ccc2-c2cc3c(cc21)-c1cc2c4ccccc4c4ccccc4c2cc1C3(C)C. The fourth-order valence-electron chi connectivity index (χ4n) is 8.17. The summed E-state index contributed by atoms with van der Waals surface area (Å²) in [6.45, 7) is 9.64. The van der Waals surface area contributed by atoms with E-state index in [1.165, 1.54) is 88.0 Å².